The second-order valence-corrected chi connectivity index (χ2v) is 4.82. The van der Waals surface area contributed by atoms with Gasteiger partial charge in [-0.15, -0.1) is 0 Å². The number of anilines is 1. The molecule has 1 aliphatic heterocycles. The molecule has 0 aliphatic carbocycles. The summed E-state index contributed by atoms with van der Waals surface area (Å²) in [5, 5.41) is 3.66. The number of amides is 3. The third-order valence-corrected chi connectivity index (χ3v) is 3.35. The molecule has 2 heterocycles. The van der Waals surface area contributed by atoms with Gasteiger partial charge in [-0.1, -0.05) is 23.4 Å². The van der Waals surface area contributed by atoms with Crippen molar-refractivity contribution in [2.45, 2.75) is 26.4 Å². The number of urea groups is 1. The molecular formula is C14H14N4O3. The van der Waals surface area contributed by atoms with Gasteiger partial charge in [-0.2, -0.15) is 4.98 Å². The number of carbonyl (C=O) groups excluding carboxylic acids is 2. The Kier molecular flexibility index (Phi) is 3.17. The van der Waals surface area contributed by atoms with Gasteiger partial charge >= 0.3 is 6.03 Å². The molecule has 7 heteroatoms. The first-order chi connectivity index (χ1) is 10.1. The van der Waals surface area contributed by atoms with Crippen LogP contribution in [0.4, 0.5) is 10.5 Å². The third-order valence-electron chi connectivity index (χ3n) is 3.35. The maximum Gasteiger partial charge on any atom is 0.332 e. The second-order valence-electron chi connectivity index (χ2n) is 4.82. The molecule has 2 aromatic rings. The summed E-state index contributed by atoms with van der Waals surface area (Å²) < 4.78 is 4.97. The number of rotatable bonds is 3. The Balaban J connectivity index is 1.87. The molecule has 21 heavy (non-hydrogen) atoms. The van der Waals surface area contributed by atoms with Crippen molar-refractivity contribution < 1.29 is 14.1 Å². The van der Waals surface area contributed by atoms with Gasteiger partial charge in [-0.3, -0.25) is 14.6 Å². The van der Waals surface area contributed by atoms with Crippen molar-refractivity contribution in [3.05, 3.63) is 42.0 Å². The quantitative estimate of drug-likeness (QED) is 0.803. The third kappa shape index (κ3) is 2.26. The van der Waals surface area contributed by atoms with Crippen LogP contribution < -0.4 is 4.90 Å². The van der Waals surface area contributed by atoms with E-state index >= 15 is 0 Å². The topological polar surface area (TPSA) is 79.5 Å². The van der Waals surface area contributed by atoms with Crippen LogP contribution in [-0.4, -0.2) is 33.0 Å². The van der Waals surface area contributed by atoms with E-state index in [0.717, 1.165) is 4.90 Å². The summed E-state index contributed by atoms with van der Waals surface area (Å²) in [6, 6.07) is 8.16. The molecule has 0 saturated carbocycles. The molecule has 3 rings (SSSR count). The predicted octanol–water partition coefficient (Wildman–Crippen LogP) is 1.74. The van der Waals surface area contributed by atoms with Gasteiger partial charge in [-0.25, -0.2) is 4.79 Å². The van der Waals surface area contributed by atoms with Crippen LogP contribution in [0.25, 0.3) is 0 Å². The van der Waals surface area contributed by atoms with Gasteiger partial charge in [0.15, 0.2) is 5.82 Å². The zero-order chi connectivity index (χ0) is 15.0. The zero-order valence-corrected chi connectivity index (χ0v) is 11.7. The number of benzene rings is 1. The van der Waals surface area contributed by atoms with E-state index < -0.39 is 6.04 Å². The molecule has 1 aliphatic rings. The largest absolute Gasteiger partial charge is 0.337 e. The van der Waals surface area contributed by atoms with Crippen LogP contribution in [0.3, 0.4) is 0 Å². The number of nitrogens with zero attached hydrogens (tertiary/aromatic N) is 4. The molecule has 1 atom stereocenters. The van der Waals surface area contributed by atoms with Crippen LogP contribution in [0, 0.1) is 6.92 Å². The van der Waals surface area contributed by atoms with Gasteiger partial charge in [0.1, 0.15) is 12.6 Å². The second kappa shape index (κ2) is 5.01. The molecule has 1 aromatic carbocycles. The van der Waals surface area contributed by atoms with E-state index in [0.29, 0.717) is 11.5 Å². The lowest BCUT2D eigenvalue weighted by atomic mass is 10.2. The van der Waals surface area contributed by atoms with Crippen molar-refractivity contribution in [2.75, 3.05) is 4.90 Å². The minimum Gasteiger partial charge on any atom is -0.337 e. The average molecular weight is 286 g/mol. The smallest absolute Gasteiger partial charge is 0.332 e. The Morgan fingerprint density at radius 2 is 1.95 bits per heavy atom. The highest BCUT2D eigenvalue weighted by atomic mass is 16.5. The van der Waals surface area contributed by atoms with Gasteiger partial charge in [0, 0.05) is 5.69 Å². The summed E-state index contributed by atoms with van der Waals surface area (Å²) in [6.45, 7) is 3.37. The minimum atomic E-state index is -0.552. The number of para-hydroxylation sites is 1. The summed E-state index contributed by atoms with van der Waals surface area (Å²) in [4.78, 5) is 31.4. The van der Waals surface area contributed by atoms with Gasteiger partial charge in [0.25, 0.3) is 5.91 Å². The predicted molar refractivity (Wildman–Crippen MR) is 73.4 cm³/mol. The SMILES string of the molecule is Cc1noc(CN2C(=O)[C@H](C)N(c3ccccc3)C2=O)n1. The Labute approximate surface area is 121 Å². The zero-order valence-electron chi connectivity index (χ0n) is 11.7. The molecule has 0 N–H and O–H groups in total. The number of carbonyl (C=O) groups is 2. The van der Waals surface area contributed by atoms with Crippen molar-refractivity contribution in [1.82, 2.24) is 15.0 Å². The molecule has 3 amide bonds. The highest BCUT2D eigenvalue weighted by molar-refractivity contribution is 6.13. The first-order valence-corrected chi connectivity index (χ1v) is 6.56. The van der Waals surface area contributed by atoms with Crippen molar-refractivity contribution in [3.63, 3.8) is 0 Å². The van der Waals surface area contributed by atoms with Crippen molar-refractivity contribution in [2.24, 2.45) is 0 Å². The van der Waals surface area contributed by atoms with E-state index in [1.165, 1.54) is 4.90 Å². The lowest BCUT2D eigenvalue weighted by Gasteiger charge is -2.18. The number of hydrogen-bond acceptors (Lipinski definition) is 5. The lowest BCUT2D eigenvalue weighted by molar-refractivity contribution is -0.127. The van der Waals surface area contributed by atoms with Crippen LogP contribution in [0.1, 0.15) is 18.6 Å². The molecule has 0 bridgehead atoms. The van der Waals surface area contributed by atoms with Gasteiger partial charge in [-0.05, 0) is 26.0 Å². The molecule has 108 valence electrons. The molecule has 1 fully saturated rings. The molecule has 1 aromatic heterocycles. The number of hydrogen-bond donors (Lipinski definition) is 0. The van der Waals surface area contributed by atoms with Crippen LogP contribution >= 0.6 is 0 Å². The Hall–Kier alpha value is -2.70. The highest BCUT2D eigenvalue weighted by Crippen LogP contribution is 2.26. The standard InChI is InChI=1S/C14H14N4O3/c1-9-13(19)17(8-12-15-10(2)16-21-12)14(20)18(9)11-6-4-3-5-7-11/h3-7,9H,8H2,1-2H3/t9-/m0/s1. The first-order valence-electron chi connectivity index (χ1n) is 6.56. The van der Waals surface area contributed by atoms with Crippen molar-refractivity contribution in [3.8, 4) is 0 Å². The minimum absolute atomic E-state index is 0.00776. The molecular weight excluding hydrogens is 272 g/mol. The number of imide groups is 1. The van der Waals surface area contributed by atoms with E-state index in [2.05, 4.69) is 10.1 Å². The maximum atomic E-state index is 12.5. The van der Waals surface area contributed by atoms with Gasteiger partial charge < -0.3 is 4.52 Å². The molecule has 0 radical (unpaired) electrons. The van der Waals surface area contributed by atoms with Gasteiger partial charge in [0.2, 0.25) is 5.89 Å². The Bertz CT molecular complexity index is 683. The van der Waals surface area contributed by atoms with Crippen molar-refractivity contribution >= 4 is 17.6 Å². The van der Waals surface area contributed by atoms with E-state index in [1.807, 2.05) is 18.2 Å². The fourth-order valence-electron chi connectivity index (χ4n) is 2.33. The molecule has 0 spiro atoms. The Morgan fingerprint density at radius 1 is 1.24 bits per heavy atom. The highest BCUT2D eigenvalue weighted by Gasteiger charge is 2.43. The summed E-state index contributed by atoms with van der Waals surface area (Å²) in [5.74, 6) is 0.438. The van der Waals surface area contributed by atoms with E-state index in [4.69, 9.17) is 4.52 Å². The summed E-state index contributed by atoms with van der Waals surface area (Å²) in [7, 11) is 0. The van der Waals surface area contributed by atoms with Crippen molar-refractivity contribution in [1.29, 1.82) is 0 Å². The molecule has 1 saturated heterocycles. The first kappa shape index (κ1) is 13.3. The lowest BCUT2D eigenvalue weighted by Crippen LogP contribution is -2.33. The number of aromatic nitrogens is 2. The van der Waals surface area contributed by atoms with E-state index in [9.17, 15) is 9.59 Å². The van der Waals surface area contributed by atoms with Crippen LogP contribution in [0.2, 0.25) is 0 Å². The summed E-state index contributed by atoms with van der Waals surface area (Å²) >= 11 is 0. The number of aryl methyl sites for hydroxylation is 1. The van der Waals surface area contributed by atoms with E-state index in [1.54, 1.807) is 26.0 Å². The maximum absolute atomic E-state index is 12.5. The molecule has 7 nitrogen and oxygen atoms in total. The summed E-state index contributed by atoms with van der Waals surface area (Å²) in [6.07, 6.45) is 0. The van der Waals surface area contributed by atoms with Crippen LogP contribution in [0.5, 0.6) is 0 Å². The summed E-state index contributed by atoms with van der Waals surface area (Å²) in [5.41, 5.74) is 0.688. The monoisotopic (exact) mass is 286 g/mol. The average Bonchev–Trinajstić information content (AvgIpc) is 2.98. The molecule has 0 unspecified atom stereocenters. The fraction of sp³-hybridized carbons (Fsp3) is 0.286. The fourth-order valence-corrected chi connectivity index (χ4v) is 2.33. The van der Waals surface area contributed by atoms with E-state index in [-0.39, 0.29) is 24.4 Å². The van der Waals surface area contributed by atoms with Crippen LogP contribution in [0.15, 0.2) is 34.9 Å². The Morgan fingerprint density at radius 3 is 2.57 bits per heavy atom. The van der Waals surface area contributed by atoms with Gasteiger partial charge in [0.05, 0.1) is 0 Å². The normalized spacial score (nSPS) is 18.7. The van der Waals surface area contributed by atoms with Crippen LogP contribution in [-0.2, 0) is 11.3 Å².